The van der Waals surface area contributed by atoms with Crippen molar-refractivity contribution in [2.24, 2.45) is 0 Å². The molecule has 2 N–H and O–H groups in total. The number of anilines is 1. The highest BCUT2D eigenvalue weighted by molar-refractivity contribution is 7.99. The molecular formula is C21H19N5O2S. The van der Waals surface area contributed by atoms with Crippen LogP contribution in [0.3, 0.4) is 0 Å². The molecule has 0 spiro atoms. The lowest BCUT2D eigenvalue weighted by Gasteiger charge is -2.10. The second-order valence-electron chi connectivity index (χ2n) is 6.79. The van der Waals surface area contributed by atoms with Crippen LogP contribution in [0.5, 0.6) is 11.5 Å². The van der Waals surface area contributed by atoms with Gasteiger partial charge >= 0.3 is 0 Å². The minimum absolute atomic E-state index is 0.255. The van der Waals surface area contributed by atoms with E-state index in [0.717, 1.165) is 45.7 Å². The van der Waals surface area contributed by atoms with Gasteiger partial charge in [-0.1, -0.05) is 42.1 Å². The Balaban J connectivity index is 1.53. The maximum atomic E-state index is 6.07. The molecule has 0 atom stereocenters. The molecule has 0 amide bonds. The molecule has 0 saturated carbocycles. The number of aromatic nitrogens is 4. The maximum Gasteiger partial charge on any atom is 0.231 e. The zero-order valence-electron chi connectivity index (χ0n) is 15.8. The molecule has 5 rings (SSSR count). The third-order valence-electron chi connectivity index (χ3n) is 4.86. The maximum absolute atomic E-state index is 6.07. The Kier molecular flexibility index (Phi) is 4.48. The van der Waals surface area contributed by atoms with Crippen molar-refractivity contribution in [2.75, 3.05) is 12.5 Å². The molecule has 7 nitrogen and oxygen atoms in total. The lowest BCUT2D eigenvalue weighted by atomic mass is 10.1. The van der Waals surface area contributed by atoms with Crippen molar-refractivity contribution in [3.8, 4) is 11.5 Å². The van der Waals surface area contributed by atoms with Crippen LogP contribution in [-0.2, 0) is 13.0 Å². The summed E-state index contributed by atoms with van der Waals surface area (Å²) in [5.41, 5.74) is 9.79. The SMILES string of the molecule is Cc1cc2c(cc1Sc1nc3c(N)ncnc3n1CCc1ccccc1)OCO2. The molecular weight excluding hydrogens is 386 g/mol. The Morgan fingerprint density at radius 2 is 1.90 bits per heavy atom. The third-order valence-corrected chi connectivity index (χ3v) is 6.02. The fourth-order valence-corrected chi connectivity index (χ4v) is 4.34. The topological polar surface area (TPSA) is 88.1 Å². The zero-order valence-corrected chi connectivity index (χ0v) is 16.6. The number of benzene rings is 2. The van der Waals surface area contributed by atoms with Crippen molar-refractivity contribution >= 4 is 28.7 Å². The number of imidazole rings is 1. The van der Waals surface area contributed by atoms with Gasteiger partial charge in [-0.25, -0.2) is 15.0 Å². The fraction of sp³-hybridized carbons (Fsp3) is 0.190. The van der Waals surface area contributed by atoms with E-state index >= 15 is 0 Å². The van der Waals surface area contributed by atoms with Crippen LogP contribution in [0.25, 0.3) is 11.2 Å². The molecule has 0 saturated heterocycles. The summed E-state index contributed by atoms with van der Waals surface area (Å²) in [6.07, 6.45) is 2.35. The summed E-state index contributed by atoms with van der Waals surface area (Å²) in [6.45, 7) is 3.04. The molecule has 2 aromatic carbocycles. The highest BCUT2D eigenvalue weighted by atomic mass is 32.2. The van der Waals surface area contributed by atoms with Gasteiger partial charge < -0.3 is 19.8 Å². The van der Waals surface area contributed by atoms with Crippen LogP contribution < -0.4 is 15.2 Å². The number of rotatable bonds is 5. The number of nitrogens with zero attached hydrogens (tertiary/aromatic N) is 4. The highest BCUT2D eigenvalue weighted by Gasteiger charge is 2.20. The van der Waals surface area contributed by atoms with Crippen LogP contribution in [0.15, 0.2) is 58.8 Å². The minimum Gasteiger partial charge on any atom is -0.454 e. The number of aryl methyl sites for hydroxylation is 3. The summed E-state index contributed by atoms with van der Waals surface area (Å²) in [5, 5.41) is 0.824. The molecule has 0 unspecified atom stereocenters. The number of nitrogen functional groups attached to an aromatic ring is 1. The van der Waals surface area contributed by atoms with E-state index in [9.17, 15) is 0 Å². The molecule has 1 aliphatic rings. The Bertz CT molecular complexity index is 1190. The smallest absolute Gasteiger partial charge is 0.231 e. The molecule has 1 aliphatic heterocycles. The Hall–Kier alpha value is -3.26. The largest absolute Gasteiger partial charge is 0.454 e. The number of nitrogens with two attached hydrogens (primary N) is 1. The van der Waals surface area contributed by atoms with Crippen molar-refractivity contribution in [2.45, 2.75) is 29.9 Å². The molecule has 146 valence electrons. The van der Waals surface area contributed by atoms with Crippen LogP contribution in [0, 0.1) is 6.92 Å². The van der Waals surface area contributed by atoms with Gasteiger partial charge in [-0.15, -0.1) is 0 Å². The average molecular weight is 405 g/mol. The van der Waals surface area contributed by atoms with Gasteiger partial charge in [-0.3, -0.25) is 0 Å². The van der Waals surface area contributed by atoms with E-state index in [1.807, 2.05) is 30.3 Å². The van der Waals surface area contributed by atoms with E-state index in [4.69, 9.17) is 20.2 Å². The van der Waals surface area contributed by atoms with Crippen molar-refractivity contribution in [3.05, 3.63) is 59.9 Å². The lowest BCUT2D eigenvalue weighted by molar-refractivity contribution is 0.174. The van der Waals surface area contributed by atoms with Gasteiger partial charge in [0.2, 0.25) is 6.79 Å². The summed E-state index contributed by atoms with van der Waals surface area (Å²) in [6, 6.07) is 14.4. The molecule has 0 aliphatic carbocycles. The Morgan fingerprint density at radius 3 is 2.72 bits per heavy atom. The molecule has 2 aromatic heterocycles. The summed E-state index contributed by atoms with van der Waals surface area (Å²) in [7, 11) is 0. The van der Waals surface area contributed by atoms with Gasteiger partial charge in [0, 0.05) is 11.4 Å². The molecule has 0 radical (unpaired) electrons. The molecule has 29 heavy (non-hydrogen) atoms. The molecule has 8 heteroatoms. The van der Waals surface area contributed by atoms with E-state index in [1.165, 1.54) is 11.9 Å². The van der Waals surface area contributed by atoms with Crippen LogP contribution in [-0.4, -0.2) is 26.3 Å². The predicted molar refractivity (Wildman–Crippen MR) is 111 cm³/mol. The first-order valence-electron chi connectivity index (χ1n) is 9.28. The molecule has 4 aromatic rings. The van der Waals surface area contributed by atoms with E-state index in [0.29, 0.717) is 11.3 Å². The number of hydrogen-bond acceptors (Lipinski definition) is 7. The first-order valence-corrected chi connectivity index (χ1v) is 10.1. The van der Waals surface area contributed by atoms with Crippen LogP contribution >= 0.6 is 11.8 Å². The minimum atomic E-state index is 0.255. The van der Waals surface area contributed by atoms with Crippen LogP contribution in [0.1, 0.15) is 11.1 Å². The second-order valence-corrected chi connectivity index (χ2v) is 7.79. The Morgan fingerprint density at radius 1 is 1.10 bits per heavy atom. The standard InChI is InChI=1S/C21H19N5O2S/c1-13-9-15-16(28-12-27-15)10-17(13)29-21-25-18-19(22)23-11-24-20(18)26(21)8-7-14-5-3-2-4-6-14/h2-6,9-11H,7-8,12H2,1H3,(H2,22,23,24). The Labute approximate surface area is 171 Å². The monoisotopic (exact) mass is 405 g/mol. The van der Waals surface area contributed by atoms with Gasteiger partial charge in [0.05, 0.1) is 0 Å². The normalized spacial score (nSPS) is 12.6. The highest BCUT2D eigenvalue weighted by Crippen LogP contribution is 2.40. The zero-order chi connectivity index (χ0) is 19.8. The van der Waals surface area contributed by atoms with E-state index in [2.05, 4.69) is 33.6 Å². The summed E-state index contributed by atoms with van der Waals surface area (Å²) < 4.78 is 13.1. The quantitative estimate of drug-likeness (QED) is 0.540. The van der Waals surface area contributed by atoms with Crippen molar-refractivity contribution in [1.82, 2.24) is 19.5 Å². The van der Waals surface area contributed by atoms with E-state index in [-0.39, 0.29) is 6.79 Å². The lowest BCUT2D eigenvalue weighted by Crippen LogP contribution is -2.04. The summed E-state index contributed by atoms with van der Waals surface area (Å²) in [5.74, 6) is 1.92. The van der Waals surface area contributed by atoms with Crippen molar-refractivity contribution < 1.29 is 9.47 Å². The van der Waals surface area contributed by atoms with Crippen molar-refractivity contribution in [3.63, 3.8) is 0 Å². The van der Waals surface area contributed by atoms with Gasteiger partial charge in [-0.05, 0) is 36.6 Å². The van der Waals surface area contributed by atoms with Crippen LogP contribution in [0.2, 0.25) is 0 Å². The van der Waals surface area contributed by atoms with E-state index < -0.39 is 0 Å². The van der Waals surface area contributed by atoms with Gasteiger partial charge in [-0.2, -0.15) is 0 Å². The van der Waals surface area contributed by atoms with Gasteiger partial charge in [0.25, 0.3) is 0 Å². The first kappa shape index (κ1) is 17.8. The molecule has 3 heterocycles. The van der Waals surface area contributed by atoms with Crippen molar-refractivity contribution in [1.29, 1.82) is 0 Å². The number of ether oxygens (including phenoxy) is 2. The number of hydrogen-bond donors (Lipinski definition) is 1. The third kappa shape index (κ3) is 3.36. The van der Waals surface area contributed by atoms with Gasteiger partial charge in [0.15, 0.2) is 33.6 Å². The molecule has 0 bridgehead atoms. The van der Waals surface area contributed by atoms with Gasteiger partial charge in [0.1, 0.15) is 6.33 Å². The average Bonchev–Trinajstić information content (AvgIpc) is 3.32. The summed E-state index contributed by atoms with van der Waals surface area (Å²) in [4.78, 5) is 14.4. The second kappa shape index (κ2) is 7.29. The predicted octanol–water partition coefficient (Wildman–Crippen LogP) is 3.84. The number of fused-ring (bicyclic) bond motifs is 2. The fourth-order valence-electron chi connectivity index (χ4n) is 3.33. The summed E-state index contributed by atoms with van der Waals surface area (Å²) >= 11 is 1.57. The van der Waals surface area contributed by atoms with E-state index in [1.54, 1.807) is 11.8 Å². The molecule has 0 fully saturated rings. The first-order chi connectivity index (χ1) is 14.2. The van der Waals surface area contributed by atoms with Crippen LogP contribution in [0.4, 0.5) is 5.82 Å².